The van der Waals surface area contributed by atoms with Gasteiger partial charge in [-0.25, -0.2) is 4.39 Å². The van der Waals surface area contributed by atoms with Gasteiger partial charge in [-0.2, -0.15) is 0 Å². The predicted molar refractivity (Wildman–Crippen MR) is 71.2 cm³/mol. The summed E-state index contributed by atoms with van der Waals surface area (Å²) in [6.45, 7) is 2.03. The van der Waals surface area contributed by atoms with Crippen molar-refractivity contribution in [3.05, 3.63) is 36.3 Å². The summed E-state index contributed by atoms with van der Waals surface area (Å²) < 4.78 is 13.6. The Morgan fingerprint density at radius 1 is 1.28 bits per heavy atom. The zero-order valence-corrected chi connectivity index (χ0v) is 10.1. The zero-order valence-electron chi connectivity index (χ0n) is 10.1. The van der Waals surface area contributed by atoms with E-state index in [-0.39, 0.29) is 5.82 Å². The summed E-state index contributed by atoms with van der Waals surface area (Å²) in [6, 6.07) is 7.31. The van der Waals surface area contributed by atoms with Gasteiger partial charge in [0.2, 0.25) is 0 Å². The molecule has 4 heteroatoms. The van der Waals surface area contributed by atoms with E-state index in [0.717, 1.165) is 37.0 Å². The topological polar surface area (TPSA) is 37.0 Å². The lowest BCUT2D eigenvalue weighted by molar-refractivity contribution is 0.479. The molecule has 0 amide bonds. The lowest BCUT2D eigenvalue weighted by atomic mass is 10.1. The van der Waals surface area contributed by atoms with Crippen LogP contribution in [0.25, 0.3) is 10.9 Å². The maximum Gasteiger partial charge on any atom is 0.127 e. The van der Waals surface area contributed by atoms with Crippen LogP contribution in [0, 0.1) is 5.82 Å². The van der Waals surface area contributed by atoms with Crippen LogP contribution in [0.2, 0.25) is 0 Å². The molecule has 1 aliphatic heterocycles. The fourth-order valence-electron chi connectivity index (χ4n) is 2.45. The maximum absolute atomic E-state index is 13.6. The molecule has 18 heavy (non-hydrogen) atoms. The third-order valence-electron chi connectivity index (χ3n) is 3.38. The Balaban J connectivity index is 1.94. The maximum atomic E-state index is 13.6. The Labute approximate surface area is 105 Å². The number of aromatic nitrogens is 1. The lowest BCUT2D eigenvalue weighted by Gasteiger charge is -2.25. The highest BCUT2D eigenvalue weighted by atomic mass is 19.1. The van der Waals surface area contributed by atoms with Gasteiger partial charge in [-0.3, -0.25) is 4.98 Å². The molecule has 0 spiro atoms. The summed E-state index contributed by atoms with van der Waals surface area (Å²) in [4.78, 5) is 4.20. The number of anilines is 1. The molecule has 3 nitrogen and oxygen atoms in total. The summed E-state index contributed by atoms with van der Waals surface area (Å²) in [5.41, 5.74) is 1.55. The number of piperidine rings is 1. The smallest absolute Gasteiger partial charge is 0.127 e. The second-order valence-corrected chi connectivity index (χ2v) is 4.69. The first-order valence-corrected chi connectivity index (χ1v) is 6.34. The normalized spacial score (nSPS) is 16.9. The van der Waals surface area contributed by atoms with Crippen molar-refractivity contribution in [2.75, 3.05) is 18.4 Å². The van der Waals surface area contributed by atoms with Gasteiger partial charge in [-0.05, 0) is 44.1 Å². The minimum absolute atomic E-state index is 0.238. The Hall–Kier alpha value is -1.68. The third-order valence-corrected chi connectivity index (χ3v) is 3.38. The van der Waals surface area contributed by atoms with E-state index in [4.69, 9.17) is 0 Å². The average Bonchev–Trinajstić information content (AvgIpc) is 2.40. The number of pyridine rings is 1. The second-order valence-electron chi connectivity index (χ2n) is 4.69. The molecule has 0 radical (unpaired) electrons. The fraction of sp³-hybridized carbons (Fsp3) is 0.357. The van der Waals surface area contributed by atoms with Crippen LogP contribution in [0.15, 0.2) is 30.5 Å². The van der Waals surface area contributed by atoms with E-state index in [1.807, 2.05) is 12.1 Å². The van der Waals surface area contributed by atoms with E-state index in [1.165, 1.54) is 6.07 Å². The van der Waals surface area contributed by atoms with E-state index < -0.39 is 0 Å². The number of hydrogen-bond donors (Lipinski definition) is 2. The van der Waals surface area contributed by atoms with Crippen molar-refractivity contribution in [3.63, 3.8) is 0 Å². The van der Waals surface area contributed by atoms with Crippen LogP contribution < -0.4 is 10.6 Å². The number of rotatable bonds is 2. The molecular formula is C14H16FN3. The highest BCUT2D eigenvalue weighted by Gasteiger charge is 2.14. The summed E-state index contributed by atoms with van der Waals surface area (Å²) in [6.07, 6.45) is 3.83. The predicted octanol–water partition coefficient (Wildman–Crippen LogP) is 2.54. The number of nitrogens with one attached hydrogen (secondary N) is 2. The lowest BCUT2D eigenvalue weighted by Crippen LogP contribution is -2.35. The Morgan fingerprint density at radius 2 is 2.11 bits per heavy atom. The SMILES string of the molecule is Fc1cc(NC2CCNCC2)c2cccnc2c1. The molecule has 0 bridgehead atoms. The molecule has 0 atom stereocenters. The molecule has 2 heterocycles. The van der Waals surface area contributed by atoms with Crippen molar-refractivity contribution in [3.8, 4) is 0 Å². The van der Waals surface area contributed by atoms with Crippen LogP contribution in [0.1, 0.15) is 12.8 Å². The number of nitrogens with zero attached hydrogens (tertiary/aromatic N) is 1. The third kappa shape index (κ3) is 2.29. The van der Waals surface area contributed by atoms with Crippen LogP contribution in [0.4, 0.5) is 10.1 Å². The molecule has 1 aromatic carbocycles. The van der Waals surface area contributed by atoms with E-state index in [2.05, 4.69) is 15.6 Å². The molecule has 0 unspecified atom stereocenters. The average molecular weight is 245 g/mol. The second kappa shape index (κ2) is 4.90. The molecule has 1 aliphatic rings. The number of hydrogen-bond acceptors (Lipinski definition) is 3. The summed E-state index contributed by atoms with van der Waals surface area (Å²) in [5, 5.41) is 7.75. The van der Waals surface area contributed by atoms with Crippen LogP contribution in [-0.4, -0.2) is 24.1 Å². The molecule has 1 aromatic heterocycles. The van der Waals surface area contributed by atoms with E-state index >= 15 is 0 Å². The van der Waals surface area contributed by atoms with Gasteiger partial charge in [0.25, 0.3) is 0 Å². The first-order chi connectivity index (χ1) is 8.83. The monoisotopic (exact) mass is 245 g/mol. The molecular weight excluding hydrogens is 229 g/mol. The van der Waals surface area contributed by atoms with Gasteiger partial charge >= 0.3 is 0 Å². The minimum atomic E-state index is -0.238. The Bertz CT molecular complexity index is 550. The van der Waals surface area contributed by atoms with Gasteiger partial charge in [-0.15, -0.1) is 0 Å². The highest BCUT2D eigenvalue weighted by Crippen LogP contribution is 2.25. The molecule has 0 aliphatic carbocycles. The van der Waals surface area contributed by atoms with Gasteiger partial charge < -0.3 is 10.6 Å². The van der Waals surface area contributed by atoms with Gasteiger partial charge in [-0.1, -0.05) is 0 Å². The van der Waals surface area contributed by atoms with Gasteiger partial charge in [0, 0.05) is 29.4 Å². The van der Waals surface area contributed by atoms with Crippen LogP contribution in [0.5, 0.6) is 0 Å². The van der Waals surface area contributed by atoms with Crippen LogP contribution in [0.3, 0.4) is 0 Å². The van der Waals surface area contributed by atoms with E-state index in [0.29, 0.717) is 11.6 Å². The Kier molecular flexibility index (Phi) is 3.11. The van der Waals surface area contributed by atoms with Crippen LogP contribution >= 0.6 is 0 Å². The standard InChI is InChI=1S/C14H16FN3/c15-10-8-13-12(2-1-5-17-13)14(9-10)18-11-3-6-16-7-4-11/h1-2,5,8-9,11,16,18H,3-4,6-7H2. The summed E-state index contributed by atoms with van der Waals surface area (Å²) in [7, 11) is 0. The van der Waals surface area contributed by atoms with Crippen molar-refractivity contribution >= 4 is 16.6 Å². The number of fused-ring (bicyclic) bond motifs is 1. The number of halogens is 1. The first-order valence-electron chi connectivity index (χ1n) is 6.34. The van der Waals surface area contributed by atoms with Crippen molar-refractivity contribution in [2.24, 2.45) is 0 Å². The largest absolute Gasteiger partial charge is 0.382 e. The first kappa shape index (κ1) is 11.4. The van der Waals surface area contributed by atoms with Gasteiger partial charge in [0.1, 0.15) is 5.82 Å². The zero-order chi connectivity index (χ0) is 12.4. The molecule has 0 saturated carbocycles. The molecule has 2 aromatic rings. The van der Waals surface area contributed by atoms with E-state index in [9.17, 15) is 4.39 Å². The van der Waals surface area contributed by atoms with E-state index in [1.54, 1.807) is 12.3 Å². The molecule has 2 N–H and O–H groups in total. The molecule has 1 fully saturated rings. The van der Waals surface area contributed by atoms with Gasteiger partial charge in [0.15, 0.2) is 0 Å². The number of benzene rings is 1. The molecule has 1 saturated heterocycles. The Morgan fingerprint density at radius 3 is 2.94 bits per heavy atom. The highest BCUT2D eigenvalue weighted by molar-refractivity contribution is 5.91. The molecule has 94 valence electrons. The summed E-state index contributed by atoms with van der Waals surface area (Å²) >= 11 is 0. The fourth-order valence-corrected chi connectivity index (χ4v) is 2.45. The molecule has 3 rings (SSSR count). The van der Waals surface area contributed by atoms with Crippen LogP contribution in [-0.2, 0) is 0 Å². The van der Waals surface area contributed by atoms with Gasteiger partial charge in [0.05, 0.1) is 5.52 Å². The van der Waals surface area contributed by atoms with Crippen molar-refractivity contribution in [2.45, 2.75) is 18.9 Å². The minimum Gasteiger partial charge on any atom is -0.382 e. The van der Waals surface area contributed by atoms with Crippen molar-refractivity contribution in [1.29, 1.82) is 0 Å². The quantitative estimate of drug-likeness (QED) is 0.853. The van der Waals surface area contributed by atoms with Crippen molar-refractivity contribution < 1.29 is 4.39 Å². The van der Waals surface area contributed by atoms with Crippen molar-refractivity contribution in [1.82, 2.24) is 10.3 Å². The summed E-state index contributed by atoms with van der Waals surface area (Å²) in [5.74, 6) is -0.238.